The summed E-state index contributed by atoms with van der Waals surface area (Å²) in [4.78, 5) is 22.5. The van der Waals surface area contributed by atoms with Gasteiger partial charge in [-0.05, 0) is 57.8 Å². The second kappa shape index (κ2) is 43.1. The zero-order valence-electron chi connectivity index (χ0n) is 35.5. The Labute approximate surface area is 334 Å². The van der Waals surface area contributed by atoms with Crippen molar-refractivity contribution < 1.29 is 32.8 Å². The van der Waals surface area contributed by atoms with Crippen LogP contribution >= 0.6 is 7.82 Å². The summed E-state index contributed by atoms with van der Waals surface area (Å²) in [5.74, 6) is -0.331. The molecule has 0 radical (unpaired) electrons. The first-order valence-electron chi connectivity index (χ1n) is 22.8. The van der Waals surface area contributed by atoms with Gasteiger partial charge in [0.25, 0.3) is 0 Å². The molecule has 0 saturated carbocycles. The predicted octanol–water partition coefficient (Wildman–Crippen LogP) is 13.6. The highest BCUT2D eigenvalue weighted by molar-refractivity contribution is 7.47. The molecule has 0 aliphatic carbocycles. The quantitative estimate of drug-likeness (QED) is 0.0271. The summed E-state index contributed by atoms with van der Waals surface area (Å²) >= 11 is 0. The largest absolute Gasteiger partial charge is 0.472 e. The van der Waals surface area contributed by atoms with Gasteiger partial charge in [0.05, 0.1) is 19.8 Å². The lowest BCUT2D eigenvalue weighted by Crippen LogP contribution is -2.28. The molecular weight excluding hydrogens is 697 g/mol. The molecule has 0 rings (SSSR count). The zero-order valence-corrected chi connectivity index (χ0v) is 36.4. The number of hydrogen-bond donors (Lipinski definition) is 2. The molecule has 0 bridgehead atoms. The summed E-state index contributed by atoms with van der Waals surface area (Å²) in [5, 5.41) is 0. The molecule has 0 fully saturated rings. The number of carbonyl (C=O) groups is 1. The standard InChI is InChI=1S/C45H88NO7P/c1-3-5-7-9-11-13-15-17-18-19-20-21-22-23-24-25-26-27-28-30-32-34-36-38-45(47)53-44(43-52-54(48,49)51-41-39-46)42-50-40-37-35-33-31-29-16-14-12-10-8-6-4-2/h10,12,19-20,44H,3-9,11,13-18,21-43,46H2,1-2H3,(H,48,49)/b12-10-,20-19-. The van der Waals surface area contributed by atoms with Gasteiger partial charge in [-0.15, -0.1) is 0 Å². The summed E-state index contributed by atoms with van der Waals surface area (Å²) in [6.45, 7) is 4.90. The first-order valence-corrected chi connectivity index (χ1v) is 24.3. The molecule has 8 nitrogen and oxygen atoms in total. The number of allylic oxidation sites excluding steroid dienone is 4. The molecule has 3 N–H and O–H groups in total. The minimum absolute atomic E-state index is 0.0953. The van der Waals surface area contributed by atoms with Gasteiger partial charge in [-0.1, -0.05) is 179 Å². The number of phosphoric ester groups is 1. The van der Waals surface area contributed by atoms with Gasteiger partial charge in [-0.3, -0.25) is 13.8 Å². The number of esters is 1. The second-order valence-electron chi connectivity index (χ2n) is 15.3. The van der Waals surface area contributed by atoms with Crippen LogP contribution in [0.2, 0.25) is 0 Å². The summed E-state index contributed by atoms with van der Waals surface area (Å²) in [6.07, 6.45) is 47.7. The van der Waals surface area contributed by atoms with Crippen molar-refractivity contribution in [1.29, 1.82) is 0 Å². The van der Waals surface area contributed by atoms with Crippen molar-refractivity contribution >= 4 is 13.8 Å². The van der Waals surface area contributed by atoms with Crippen molar-refractivity contribution in [2.24, 2.45) is 5.73 Å². The van der Waals surface area contributed by atoms with E-state index in [1.54, 1.807) is 0 Å². The van der Waals surface area contributed by atoms with Gasteiger partial charge in [0.2, 0.25) is 0 Å². The topological polar surface area (TPSA) is 117 Å². The molecule has 320 valence electrons. The lowest BCUT2D eigenvalue weighted by atomic mass is 10.0. The number of rotatable bonds is 44. The van der Waals surface area contributed by atoms with Gasteiger partial charge in [-0.2, -0.15) is 0 Å². The Balaban J connectivity index is 3.92. The first-order chi connectivity index (χ1) is 26.4. The normalized spacial score (nSPS) is 13.6. The average Bonchev–Trinajstić information content (AvgIpc) is 3.16. The van der Waals surface area contributed by atoms with E-state index < -0.39 is 13.9 Å². The molecule has 0 saturated heterocycles. The van der Waals surface area contributed by atoms with E-state index in [4.69, 9.17) is 24.3 Å². The van der Waals surface area contributed by atoms with E-state index in [0.29, 0.717) is 13.0 Å². The number of nitrogens with two attached hydrogens (primary N) is 1. The maximum absolute atomic E-state index is 12.6. The van der Waals surface area contributed by atoms with Crippen LogP contribution in [0.4, 0.5) is 0 Å². The van der Waals surface area contributed by atoms with Crippen LogP contribution in [0.3, 0.4) is 0 Å². The third-order valence-electron chi connectivity index (χ3n) is 9.84. The maximum atomic E-state index is 12.6. The van der Waals surface area contributed by atoms with E-state index in [9.17, 15) is 14.3 Å². The fraction of sp³-hybridized carbons (Fsp3) is 0.889. The highest BCUT2D eigenvalue weighted by atomic mass is 31.2. The molecule has 0 aromatic carbocycles. The third kappa shape index (κ3) is 42.1. The Morgan fingerprint density at radius 2 is 0.944 bits per heavy atom. The maximum Gasteiger partial charge on any atom is 0.472 e. The van der Waals surface area contributed by atoms with E-state index in [-0.39, 0.29) is 32.3 Å². The number of unbranched alkanes of at least 4 members (excludes halogenated alkanes) is 27. The highest BCUT2D eigenvalue weighted by Crippen LogP contribution is 2.43. The molecule has 0 aliphatic heterocycles. The lowest BCUT2D eigenvalue weighted by Gasteiger charge is -2.20. The molecule has 54 heavy (non-hydrogen) atoms. The van der Waals surface area contributed by atoms with Crippen molar-refractivity contribution in [1.82, 2.24) is 0 Å². The van der Waals surface area contributed by atoms with Gasteiger partial charge in [0.1, 0.15) is 6.10 Å². The number of phosphoric acid groups is 1. The van der Waals surface area contributed by atoms with Crippen molar-refractivity contribution in [3.63, 3.8) is 0 Å². The van der Waals surface area contributed by atoms with E-state index in [1.165, 1.54) is 167 Å². The monoisotopic (exact) mass is 786 g/mol. The summed E-state index contributed by atoms with van der Waals surface area (Å²) < 4.78 is 33.4. The molecule has 0 heterocycles. The fourth-order valence-electron chi connectivity index (χ4n) is 6.44. The Kier molecular flexibility index (Phi) is 42.3. The number of carbonyl (C=O) groups excluding carboxylic acids is 1. The van der Waals surface area contributed by atoms with Crippen LogP contribution in [0.25, 0.3) is 0 Å². The Bertz CT molecular complexity index is 884. The van der Waals surface area contributed by atoms with Crippen molar-refractivity contribution in [2.75, 3.05) is 33.0 Å². The summed E-state index contributed by atoms with van der Waals surface area (Å²) in [5.41, 5.74) is 5.37. The second-order valence-corrected chi connectivity index (χ2v) is 16.7. The van der Waals surface area contributed by atoms with E-state index in [2.05, 4.69) is 38.2 Å². The zero-order chi connectivity index (χ0) is 39.5. The molecule has 0 spiro atoms. The summed E-state index contributed by atoms with van der Waals surface area (Å²) in [7, 11) is -4.27. The summed E-state index contributed by atoms with van der Waals surface area (Å²) in [6, 6.07) is 0. The van der Waals surface area contributed by atoms with Gasteiger partial charge in [0, 0.05) is 19.6 Å². The van der Waals surface area contributed by atoms with Crippen LogP contribution in [-0.2, 0) is 27.9 Å². The van der Waals surface area contributed by atoms with Crippen LogP contribution in [0.1, 0.15) is 219 Å². The van der Waals surface area contributed by atoms with E-state index >= 15 is 0 Å². The van der Waals surface area contributed by atoms with Gasteiger partial charge in [-0.25, -0.2) is 4.57 Å². The number of hydrogen-bond acceptors (Lipinski definition) is 7. The molecule has 2 atom stereocenters. The Morgan fingerprint density at radius 3 is 1.41 bits per heavy atom. The molecular formula is C45H88NO7P. The number of ether oxygens (including phenoxy) is 2. The fourth-order valence-corrected chi connectivity index (χ4v) is 7.21. The average molecular weight is 786 g/mol. The molecule has 9 heteroatoms. The first kappa shape index (κ1) is 53.0. The minimum Gasteiger partial charge on any atom is -0.457 e. The lowest BCUT2D eigenvalue weighted by molar-refractivity contribution is -0.154. The molecule has 2 unspecified atom stereocenters. The SMILES string of the molecule is CCCC/C=C\CCCCCCCCOCC(COP(=O)(O)OCCN)OC(=O)CCCCCCCCCCCCC/C=C\CCCCCCCCCC. The molecule has 0 aliphatic rings. The molecule has 0 aromatic heterocycles. The van der Waals surface area contributed by atoms with Crippen molar-refractivity contribution in [3.05, 3.63) is 24.3 Å². The van der Waals surface area contributed by atoms with Crippen molar-refractivity contribution in [3.8, 4) is 0 Å². The van der Waals surface area contributed by atoms with E-state index in [1.807, 2.05) is 0 Å². The Morgan fingerprint density at radius 1 is 0.537 bits per heavy atom. The Hall–Kier alpha value is -1.02. The molecule has 0 amide bonds. The minimum atomic E-state index is -4.27. The highest BCUT2D eigenvalue weighted by Gasteiger charge is 2.25. The predicted molar refractivity (Wildman–Crippen MR) is 229 cm³/mol. The van der Waals surface area contributed by atoms with E-state index in [0.717, 1.165) is 32.1 Å². The van der Waals surface area contributed by atoms with Gasteiger partial charge in [0.15, 0.2) is 0 Å². The van der Waals surface area contributed by atoms with Crippen LogP contribution in [0.5, 0.6) is 0 Å². The van der Waals surface area contributed by atoms with Crippen molar-refractivity contribution in [2.45, 2.75) is 225 Å². The van der Waals surface area contributed by atoms with Crippen LogP contribution in [-0.4, -0.2) is 49.9 Å². The van der Waals surface area contributed by atoms with Crippen LogP contribution < -0.4 is 5.73 Å². The van der Waals surface area contributed by atoms with Gasteiger partial charge < -0.3 is 20.1 Å². The van der Waals surface area contributed by atoms with Gasteiger partial charge >= 0.3 is 13.8 Å². The smallest absolute Gasteiger partial charge is 0.457 e. The van der Waals surface area contributed by atoms with Crippen LogP contribution in [0.15, 0.2) is 24.3 Å². The van der Waals surface area contributed by atoms with Crippen LogP contribution in [0, 0.1) is 0 Å². The molecule has 0 aromatic rings. The third-order valence-corrected chi connectivity index (χ3v) is 10.8.